The number of benzene rings is 1. The largest absolute Gasteiger partial charge is 0.399 e. The predicted molar refractivity (Wildman–Crippen MR) is 44.9 cm³/mol. The van der Waals surface area contributed by atoms with Crippen molar-refractivity contribution in [3.05, 3.63) is 23.2 Å². The average molecular weight is 192 g/mol. The maximum atomic E-state index is 10.5. The number of anilines is 1. The Hall–Kier alpha value is -0.580. The fourth-order valence-corrected chi connectivity index (χ4v) is 1.46. The van der Waals surface area contributed by atoms with E-state index in [2.05, 4.69) is 0 Å². The van der Waals surface area contributed by atoms with Gasteiger partial charge in [-0.15, -0.1) is 0 Å². The molecule has 0 heterocycles. The molecule has 0 aliphatic heterocycles. The van der Waals surface area contributed by atoms with Gasteiger partial charge < -0.3 is 10.3 Å². The van der Waals surface area contributed by atoms with Gasteiger partial charge in [0.25, 0.3) is 0 Å². The summed E-state index contributed by atoms with van der Waals surface area (Å²) in [6, 6.07) is 4.31. The number of nitrogen functional groups attached to an aromatic ring is 1. The van der Waals surface area contributed by atoms with Gasteiger partial charge in [-0.1, -0.05) is 11.6 Å². The van der Waals surface area contributed by atoms with Crippen LogP contribution in [-0.2, 0) is 11.1 Å². The summed E-state index contributed by atoms with van der Waals surface area (Å²) in [4.78, 5) is 0.218. The number of rotatable bonds is 1. The Morgan fingerprint density at radius 3 is 2.55 bits per heavy atom. The molecule has 1 unspecified atom stereocenters. The third-order valence-corrected chi connectivity index (χ3v) is 1.95. The van der Waals surface area contributed by atoms with Crippen molar-refractivity contribution in [1.82, 2.24) is 0 Å². The Labute approximate surface area is 71.5 Å². The second-order valence-electron chi connectivity index (χ2n) is 1.97. The van der Waals surface area contributed by atoms with Crippen LogP contribution in [0, 0.1) is 0 Å². The fraction of sp³-hybridized carbons (Fsp3) is 0. The highest BCUT2D eigenvalue weighted by Crippen LogP contribution is 2.18. The molecule has 0 aliphatic carbocycles. The van der Waals surface area contributed by atoms with E-state index < -0.39 is 11.1 Å². The normalized spacial score (nSPS) is 12.9. The first-order valence-electron chi connectivity index (χ1n) is 2.76. The molecule has 0 amide bonds. The van der Waals surface area contributed by atoms with E-state index in [9.17, 15) is 4.21 Å². The monoisotopic (exact) mass is 191 g/mol. The molecule has 1 aromatic rings. The van der Waals surface area contributed by atoms with E-state index in [1.807, 2.05) is 0 Å². The first-order valence-corrected chi connectivity index (χ1v) is 4.25. The molecule has 0 radical (unpaired) electrons. The van der Waals surface area contributed by atoms with E-state index in [0.717, 1.165) is 0 Å². The number of hydrogen-bond acceptors (Lipinski definition) is 2. The van der Waals surface area contributed by atoms with Crippen molar-refractivity contribution in [2.24, 2.45) is 0 Å². The summed E-state index contributed by atoms with van der Waals surface area (Å²) in [6.07, 6.45) is 0. The van der Waals surface area contributed by atoms with E-state index in [4.69, 9.17) is 21.9 Å². The van der Waals surface area contributed by atoms with Crippen LogP contribution in [0.15, 0.2) is 23.1 Å². The molecule has 0 saturated carbocycles. The highest BCUT2D eigenvalue weighted by molar-refractivity contribution is 7.79. The van der Waals surface area contributed by atoms with Crippen LogP contribution >= 0.6 is 11.6 Å². The minimum atomic E-state index is -2.01. The van der Waals surface area contributed by atoms with Crippen molar-refractivity contribution in [1.29, 1.82) is 0 Å². The maximum absolute atomic E-state index is 10.5. The molecule has 0 spiro atoms. The van der Waals surface area contributed by atoms with Crippen LogP contribution in [0.25, 0.3) is 0 Å². The first-order chi connectivity index (χ1) is 5.09. The Balaban J connectivity index is 3.19. The van der Waals surface area contributed by atoms with Gasteiger partial charge in [0.2, 0.25) is 0 Å². The Kier molecular flexibility index (Phi) is 2.49. The zero-order valence-electron chi connectivity index (χ0n) is 5.45. The Morgan fingerprint density at radius 2 is 2.09 bits per heavy atom. The van der Waals surface area contributed by atoms with Crippen LogP contribution in [0.3, 0.4) is 0 Å². The lowest BCUT2D eigenvalue weighted by Gasteiger charge is -1.97. The van der Waals surface area contributed by atoms with E-state index in [0.29, 0.717) is 10.7 Å². The van der Waals surface area contributed by atoms with Gasteiger partial charge in [-0.25, -0.2) is 4.21 Å². The number of hydrogen-bond donors (Lipinski definition) is 2. The topological polar surface area (TPSA) is 63.3 Å². The lowest BCUT2D eigenvalue weighted by molar-refractivity contribution is 0.564. The minimum absolute atomic E-state index is 0.218. The van der Waals surface area contributed by atoms with Gasteiger partial charge in [-0.3, -0.25) is 0 Å². The zero-order chi connectivity index (χ0) is 8.43. The third-order valence-electron chi connectivity index (χ3n) is 1.10. The summed E-state index contributed by atoms with van der Waals surface area (Å²) < 4.78 is 19.1. The predicted octanol–water partition coefficient (Wildman–Crippen LogP) is 1.50. The minimum Gasteiger partial charge on any atom is -0.399 e. The Bertz CT molecular complexity index is 282. The molecule has 0 saturated heterocycles. The smallest absolute Gasteiger partial charge is 0.186 e. The van der Waals surface area contributed by atoms with Crippen molar-refractivity contribution < 1.29 is 8.76 Å². The quantitative estimate of drug-likeness (QED) is 0.523. The van der Waals surface area contributed by atoms with Crippen LogP contribution in [0.5, 0.6) is 0 Å². The first kappa shape index (κ1) is 8.52. The molecule has 5 heteroatoms. The summed E-state index contributed by atoms with van der Waals surface area (Å²) in [5, 5.41) is 0.363. The average Bonchev–Trinajstić information content (AvgIpc) is 1.85. The molecule has 1 atom stereocenters. The third kappa shape index (κ3) is 2.18. The van der Waals surface area contributed by atoms with E-state index in [-0.39, 0.29) is 4.90 Å². The van der Waals surface area contributed by atoms with Crippen LogP contribution in [0.1, 0.15) is 0 Å². The summed E-state index contributed by atoms with van der Waals surface area (Å²) in [5.41, 5.74) is 5.75. The molecule has 0 aliphatic rings. The summed E-state index contributed by atoms with van der Waals surface area (Å²) >= 11 is 3.55. The van der Waals surface area contributed by atoms with E-state index in [1.165, 1.54) is 18.2 Å². The summed E-state index contributed by atoms with van der Waals surface area (Å²) in [6.45, 7) is 0. The maximum Gasteiger partial charge on any atom is 0.186 e. The standard InChI is InChI=1S/C6H6ClNO2S/c7-4-1-5(8)3-6(2-4)11(9)10/h1-3H,8H2,(H,9,10). The van der Waals surface area contributed by atoms with Gasteiger partial charge in [0.1, 0.15) is 0 Å². The summed E-state index contributed by atoms with van der Waals surface area (Å²) in [5.74, 6) is 0. The van der Waals surface area contributed by atoms with Gasteiger partial charge in [0.15, 0.2) is 11.1 Å². The van der Waals surface area contributed by atoms with Gasteiger partial charge in [-0.2, -0.15) is 0 Å². The molecular weight excluding hydrogens is 186 g/mol. The van der Waals surface area contributed by atoms with Crippen LogP contribution in [-0.4, -0.2) is 8.76 Å². The molecule has 1 aromatic carbocycles. The molecule has 0 aromatic heterocycles. The van der Waals surface area contributed by atoms with E-state index >= 15 is 0 Å². The molecule has 1 rings (SSSR count). The molecule has 0 fully saturated rings. The second kappa shape index (κ2) is 3.21. The molecular formula is C6H6ClNO2S. The van der Waals surface area contributed by atoms with E-state index in [1.54, 1.807) is 0 Å². The van der Waals surface area contributed by atoms with Crippen molar-refractivity contribution in [3.63, 3.8) is 0 Å². The molecule has 11 heavy (non-hydrogen) atoms. The zero-order valence-corrected chi connectivity index (χ0v) is 7.02. The van der Waals surface area contributed by atoms with Crippen LogP contribution < -0.4 is 5.73 Å². The van der Waals surface area contributed by atoms with Gasteiger partial charge >= 0.3 is 0 Å². The van der Waals surface area contributed by atoms with Gasteiger partial charge in [-0.05, 0) is 18.2 Å². The molecule has 3 nitrogen and oxygen atoms in total. The van der Waals surface area contributed by atoms with Crippen molar-refractivity contribution in [3.8, 4) is 0 Å². The molecule has 3 N–H and O–H groups in total. The van der Waals surface area contributed by atoms with Crippen molar-refractivity contribution >= 4 is 28.4 Å². The lowest BCUT2D eigenvalue weighted by Crippen LogP contribution is -1.91. The van der Waals surface area contributed by atoms with Gasteiger partial charge in [0.05, 0.1) is 4.90 Å². The highest BCUT2D eigenvalue weighted by Gasteiger charge is 2.01. The SMILES string of the molecule is Nc1cc(Cl)cc(S(=O)O)c1. The molecule has 0 bridgehead atoms. The van der Waals surface area contributed by atoms with Crippen LogP contribution in [0.2, 0.25) is 5.02 Å². The highest BCUT2D eigenvalue weighted by atomic mass is 35.5. The lowest BCUT2D eigenvalue weighted by atomic mass is 10.3. The fourth-order valence-electron chi connectivity index (χ4n) is 0.685. The van der Waals surface area contributed by atoms with Gasteiger partial charge in [0, 0.05) is 10.7 Å². The van der Waals surface area contributed by atoms with Crippen molar-refractivity contribution in [2.75, 3.05) is 5.73 Å². The second-order valence-corrected chi connectivity index (χ2v) is 3.38. The summed E-state index contributed by atoms with van der Waals surface area (Å²) in [7, 11) is 0. The molecule has 60 valence electrons. The number of nitrogens with two attached hydrogens (primary N) is 1. The van der Waals surface area contributed by atoms with Crippen molar-refractivity contribution in [2.45, 2.75) is 4.90 Å². The number of halogens is 1. The van der Waals surface area contributed by atoms with Crippen LogP contribution in [0.4, 0.5) is 5.69 Å². The Morgan fingerprint density at radius 1 is 1.45 bits per heavy atom.